The van der Waals surface area contributed by atoms with E-state index in [9.17, 15) is 22.8 Å². The molecule has 172 valence electrons. The van der Waals surface area contributed by atoms with E-state index in [0.29, 0.717) is 12.5 Å². The lowest BCUT2D eigenvalue weighted by Crippen LogP contribution is -2.48. The minimum atomic E-state index is -3.74. The van der Waals surface area contributed by atoms with Crippen LogP contribution < -0.4 is 5.32 Å². The summed E-state index contributed by atoms with van der Waals surface area (Å²) >= 11 is 0. The Morgan fingerprint density at radius 2 is 1.79 bits per heavy atom. The fraction of sp³-hybridized carbons (Fsp3) is 0.375. The van der Waals surface area contributed by atoms with Crippen molar-refractivity contribution in [2.75, 3.05) is 12.3 Å². The summed E-state index contributed by atoms with van der Waals surface area (Å²) in [7, 11) is -3.74. The van der Waals surface area contributed by atoms with Crippen LogP contribution in [0.1, 0.15) is 30.9 Å². The van der Waals surface area contributed by atoms with Crippen LogP contribution in [0.3, 0.4) is 0 Å². The van der Waals surface area contributed by atoms with E-state index in [1.54, 1.807) is 23.1 Å². The minimum Gasteiger partial charge on any atom is -0.334 e. The van der Waals surface area contributed by atoms with E-state index in [0.717, 1.165) is 23.3 Å². The Bertz CT molecular complexity index is 1240. The van der Waals surface area contributed by atoms with Gasteiger partial charge in [-0.1, -0.05) is 48.5 Å². The lowest BCUT2D eigenvalue weighted by atomic mass is 9.92. The van der Waals surface area contributed by atoms with Crippen LogP contribution in [0.5, 0.6) is 0 Å². The van der Waals surface area contributed by atoms with E-state index < -0.39 is 39.6 Å². The molecule has 2 aliphatic heterocycles. The van der Waals surface area contributed by atoms with E-state index in [1.807, 2.05) is 37.3 Å². The molecule has 9 heteroatoms. The zero-order chi connectivity index (χ0) is 23.4. The third-order valence-electron chi connectivity index (χ3n) is 6.87. The van der Waals surface area contributed by atoms with Gasteiger partial charge in [0.1, 0.15) is 6.54 Å². The Kier molecular flexibility index (Phi) is 5.04. The summed E-state index contributed by atoms with van der Waals surface area (Å²) in [6, 6.07) is 15.0. The Labute approximate surface area is 192 Å². The van der Waals surface area contributed by atoms with Gasteiger partial charge in [-0.05, 0) is 37.3 Å². The van der Waals surface area contributed by atoms with E-state index in [-0.39, 0.29) is 22.4 Å². The Hall–Kier alpha value is -3.20. The number of carbonyl (C=O) groups excluding carboxylic acids is 3. The second-order valence-electron chi connectivity index (χ2n) is 9.07. The van der Waals surface area contributed by atoms with Crippen molar-refractivity contribution in [2.24, 2.45) is 5.92 Å². The second-order valence-corrected chi connectivity index (χ2v) is 11.0. The molecule has 2 atom stereocenters. The van der Waals surface area contributed by atoms with Gasteiger partial charge >= 0.3 is 6.03 Å². The van der Waals surface area contributed by atoms with Crippen molar-refractivity contribution in [3.63, 3.8) is 0 Å². The van der Waals surface area contributed by atoms with Crippen molar-refractivity contribution in [3.05, 3.63) is 65.7 Å². The maximum absolute atomic E-state index is 13.4. The molecular formula is C24H25N3O5S. The third kappa shape index (κ3) is 3.60. The number of carbonyl (C=O) groups is 3. The average Bonchev–Trinajstić information content (AvgIpc) is 3.58. The SMILES string of the molecule is C[C@@H](C1CC1)N(Cc1ccccc1)C(=O)CN1C(=O)NC2(CS(=O)(=O)c3ccccc32)C1=O. The van der Waals surface area contributed by atoms with Crippen LogP contribution >= 0.6 is 0 Å². The Balaban J connectivity index is 1.41. The molecule has 1 saturated heterocycles. The highest BCUT2D eigenvalue weighted by molar-refractivity contribution is 7.91. The van der Waals surface area contributed by atoms with Gasteiger partial charge in [0, 0.05) is 18.2 Å². The monoisotopic (exact) mass is 467 g/mol. The van der Waals surface area contributed by atoms with Crippen molar-refractivity contribution in [3.8, 4) is 0 Å². The van der Waals surface area contributed by atoms with Gasteiger partial charge < -0.3 is 10.2 Å². The van der Waals surface area contributed by atoms with Gasteiger partial charge in [0.15, 0.2) is 15.4 Å². The normalized spacial score (nSPS) is 24.0. The van der Waals surface area contributed by atoms with Crippen LogP contribution in [-0.2, 0) is 31.5 Å². The van der Waals surface area contributed by atoms with Crippen LogP contribution in [0, 0.1) is 5.92 Å². The van der Waals surface area contributed by atoms with Gasteiger partial charge in [-0.2, -0.15) is 0 Å². The molecule has 3 aliphatic rings. The molecule has 2 aromatic rings. The number of nitrogens with zero attached hydrogens (tertiary/aromatic N) is 2. The number of amides is 4. The molecule has 2 aromatic carbocycles. The van der Waals surface area contributed by atoms with E-state index >= 15 is 0 Å². The molecule has 0 aromatic heterocycles. The first-order valence-corrected chi connectivity index (χ1v) is 12.7. The van der Waals surface area contributed by atoms with Crippen molar-refractivity contribution in [1.82, 2.24) is 15.1 Å². The molecule has 33 heavy (non-hydrogen) atoms. The van der Waals surface area contributed by atoms with Crippen molar-refractivity contribution in [2.45, 2.75) is 42.8 Å². The molecular weight excluding hydrogens is 442 g/mol. The van der Waals surface area contributed by atoms with E-state index in [1.165, 1.54) is 6.07 Å². The summed E-state index contributed by atoms with van der Waals surface area (Å²) < 4.78 is 25.4. The summed E-state index contributed by atoms with van der Waals surface area (Å²) in [6.45, 7) is 1.94. The predicted molar refractivity (Wildman–Crippen MR) is 120 cm³/mol. The quantitative estimate of drug-likeness (QED) is 0.655. The number of hydrogen-bond donors (Lipinski definition) is 1. The molecule has 2 fully saturated rings. The fourth-order valence-corrected chi connectivity index (χ4v) is 6.82. The number of hydrogen-bond acceptors (Lipinski definition) is 5. The zero-order valence-corrected chi connectivity index (χ0v) is 19.0. The Morgan fingerprint density at radius 1 is 1.12 bits per heavy atom. The van der Waals surface area contributed by atoms with Crippen LogP contribution in [-0.4, -0.2) is 54.4 Å². The molecule has 1 spiro atoms. The standard InChI is InChI=1S/C24H25N3O5S/c1-16(18-11-12-18)26(13-17-7-3-2-4-8-17)21(28)14-27-22(29)24(25-23(27)30)15-33(31,32)20-10-6-5-9-19(20)24/h2-10,16,18H,11-15H2,1H3,(H,25,30)/t16-,24?/m0/s1. The molecule has 1 saturated carbocycles. The molecule has 2 heterocycles. The number of nitrogens with one attached hydrogen (secondary N) is 1. The smallest absolute Gasteiger partial charge is 0.325 e. The van der Waals surface area contributed by atoms with E-state index in [2.05, 4.69) is 5.32 Å². The maximum atomic E-state index is 13.4. The molecule has 1 N–H and O–H groups in total. The molecule has 0 radical (unpaired) electrons. The van der Waals surface area contributed by atoms with Crippen LogP contribution in [0.4, 0.5) is 4.79 Å². The summed E-state index contributed by atoms with van der Waals surface area (Å²) in [6.07, 6.45) is 2.08. The number of imide groups is 1. The Morgan fingerprint density at radius 3 is 2.48 bits per heavy atom. The third-order valence-corrected chi connectivity index (χ3v) is 8.71. The first-order valence-electron chi connectivity index (χ1n) is 11.0. The van der Waals surface area contributed by atoms with Crippen molar-refractivity contribution >= 4 is 27.7 Å². The average molecular weight is 468 g/mol. The largest absolute Gasteiger partial charge is 0.334 e. The van der Waals surface area contributed by atoms with Gasteiger partial charge in [0.2, 0.25) is 5.91 Å². The minimum absolute atomic E-state index is 0.0278. The zero-order valence-electron chi connectivity index (χ0n) is 18.2. The molecule has 8 nitrogen and oxygen atoms in total. The summed E-state index contributed by atoms with van der Waals surface area (Å²) in [5, 5.41) is 2.59. The fourth-order valence-electron chi connectivity index (χ4n) is 4.88. The first kappa shape index (κ1) is 21.6. The number of benzene rings is 2. The lowest BCUT2D eigenvalue weighted by molar-refractivity contribution is -0.140. The molecule has 0 bridgehead atoms. The topological polar surface area (TPSA) is 104 Å². The van der Waals surface area contributed by atoms with Gasteiger partial charge in [-0.3, -0.25) is 14.5 Å². The van der Waals surface area contributed by atoms with Gasteiger partial charge in [-0.15, -0.1) is 0 Å². The predicted octanol–water partition coefficient (Wildman–Crippen LogP) is 2.05. The first-order chi connectivity index (χ1) is 15.7. The van der Waals surface area contributed by atoms with Crippen molar-refractivity contribution in [1.29, 1.82) is 0 Å². The van der Waals surface area contributed by atoms with E-state index in [4.69, 9.17) is 0 Å². The van der Waals surface area contributed by atoms with Crippen LogP contribution in [0.2, 0.25) is 0 Å². The molecule has 1 unspecified atom stereocenters. The van der Waals surface area contributed by atoms with Crippen LogP contribution in [0.15, 0.2) is 59.5 Å². The lowest BCUT2D eigenvalue weighted by Gasteiger charge is -2.31. The molecule has 5 rings (SSSR count). The highest BCUT2D eigenvalue weighted by atomic mass is 32.2. The van der Waals surface area contributed by atoms with Gasteiger partial charge in [0.25, 0.3) is 5.91 Å². The maximum Gasteiger partial charge on any atom is 0.325 e. The molecule has 1 aliphatic carbocycles. The highest BCUT2D eigenvalue weighted by Crippen LogP contribution is 2.42. The number of urea groups is 1. The van der Waals surface area contributed by atoms with Crippen molar-refractivity contribution < 1.29 is 22.8 Å². The van der Waals surface area contributed by atoms with Crippen LogP contribution in [0.25, 0.3) is 0 Å². The summed E-state index contributed by atoms with van der Waals surface area (Å²) in [4.78, 5) is 42.3. The number of fused-ring (bicyclic) bond motifs is 2. The highest BCUT2D eigenvalue weighted by Gasteiger charge is 2.60. The summed E-state index contributed by atoms with van der Waals surface area (Å²) in [5.74, 6) is -1.18. The number of sulfone groups is 1. The summed E-state index contributed by atoms with van der Waals surface area (Å²) in [5.41, 5.74) is -0.465. The number of rotatable bonds is 6. The van der Waals surface area contributed by atoms with Gasteiger partial charge in [0.05, 0.1) is 10.6 Å². The van der Waals surface area contributed by atoms with Gasteiger partial charge in [-0.25, -0.2) is 13.2 Å². The second kappa shape index (κ2) is 7.69. The molecule has 4 amide bonds.